The first-order chi connectivity index (χ1) is 11.2. The zero-order valence-electron chi connectivity index (χ0n) is 14.0. The molecule has 0 saturated carbocycles. The molecule has 2 unspecified atom stereocenters. The zero-order chi connectivity index (χ0) is 17.5. The number of rotatable bonds is 1. The summed E-state index contributed by atoms with van der Waals surface area (Å²) in [6.45, 7) is 6.37. The van der Waals surface area contributed by atoms with Crippen molar-refractivity contribution in [1.29, 1.82) is 0 Å². The maximum absolute atomic E-state index is 14.2. The second-order valence-corrected chi connectivity index (χ2v) is 8.08. The molecule has 0 radical (unpaired) electrons. The van der Waals surface area contributed by atoms with Crippen molar-refractivity contribution < 1.29 is 18.7 Å². The quantitative estimate of drug-likeness (QED) is 0.705. The Morgan fingerprint density at radius 3 is 2.79 bits per heavy atom. The van der Waals surface area contributed by atoms with E-state index in [4.69, 9.17) is 9.47 Å². The minimum Gasteiger partial charge on any atom is -0.444 e. The van der Waals surface area contributed by atoms with Crippen LogP contribution in [-0.2, 0) is 9.47 Å². The SMILES string of the molecule is CC(C)(C)OC(=O)N1C2C=C(c3cc(Br)ccc3F)CC1COC2. The zero-order valence-corrected chi connectivity index (χ0v) is 15.6. The number of fused-ring (bicyclic) bond motifs is 2. The third kappa shape index (κ3) is 3.64. The maximum Gasteiger partial charge on any atom is 0.411 e. The van der Waals surface area contributed by atoms with Gasteiger partial charge in [-0.15, -0.1) is 0 Å². The third-order valence-corrected chi connectivity index (χ3v) is 4.57. The van der Waals surface area contributed by atoms with Crippen LogP contribution in [0.4, 0.5) is 9.18 Å². The molecule has 3 rings (SSSR count). The molecule has 1 saturated heterocycles. The Bertz CT molecular complexity index is 683. The smallest absolute Gasteiger partial charge is 0.411 e. The van der Waals surface area contributed by atoms with Gasteiger partial charge in [0, 0.05) is 10.0 Å². The molecule has 0 N–H and O–H groups in total. The molecule has 1 aromatic carbocycles. The summed E-state index contributed by atoms with van der Waals surface area (Å²) in [5, 5.41) is 0. The van der Waals surface area contributed by atoms with Gasteiger partial charge in [0.05, 0.1) is 25.3 Å². The van der Waals surface area contributed by atoms with Crippen LogP contribution in [0.5, 0.6) is 0 Å². The van der Waals surface area contributed by atoms with Crippen molar-refractivity contribution in [3.05, 3.63) is 40.1 Å². The lowest BCUT2D eigenvalue weighted by atomic mass is 9.90. The predicted molar refractivity (Wildman–Crippen MR) is 93.2 cm³/mol. The Morgan fingerprint density at radius 1 is 1.38 bits per heavy atom. The predicted octanol–water partition coefficient (Wildman–Crippen LogP) is 4.38. The molecule has 2 bridgehead atoms. The summed E-state index contributed by atoms with van der Waals surface area (Å²) in [4.78, 5) is 14.3. The van der Waals surface area contributed by atoms with Crippen molar-refractivity contribution in [2.75, 3.05) is 13.2 Å². The summed E-state index contributed by atoms with van der Waals surface area (Å²) in [7, 11) is 0. The minimum absolute atomic E-state index is 0.142. The largest absolute Gasteiger partial charge is 0.444 e. The Labute approximate surface area is 149 Å². The van der Waals surface area contributed by atoms with Crippen molar-refractivity contribution in [3.8, 4) is 0 Å². The number of carbonyl (C=O) groups excluding carboxylic acids is 1. The third-order valence-electron chi connectivity index (χ3n) is 4.08. The molecule has 1 fully saturated rings. The molecule has 0 aliphatic carbocycles. The Hall–Kier alpha value is -1.40. The van der Waals surface area contributed by atoms with Crippen molar-refractivity contribution >= 4 is 27.6 Å². The molecule has 6 heteroatoms. The average molecular weight is 398 g/mol. The van der Waals surface area contributed by atoms with E-state index >= 15 is 0 Å². The van der Waals surface area contributed by atoms with E-state index in [0.29, 0.717) is 25.2 Å². The van der Waals surface area contributed by atoms with E-state index in [2.05, 4.69) is 15.9 Å². The van der Waals surface area contributed by atoms with E-state index in [1.807, 2.05) is 26.8 Å². The Kier molecular flexibility index (Phi) is 4.71. The Morgan fingerprint density at radius 2 is 2.12 bits per heavy atom. The Balaban J connectivity index is 1.90. The second-order valence-electron chi connectivity index (χ2n) is 7.17. The van der Waals surface area contributed by atoms with Crippen molar-refractivity contribution in [2.45, 2.75) is 44.9 Å². The molecule has 24 heavy (non-hydrogen) atoms. The highest BCUT2D eigenvalue weighted by atomic mass is 79.9. The van der Waals surface area contributed by atoms with Gasteiger partial charge in [-0.3, -0.25) is 4.90 Å². The van der Waals surface area contributed by atoms with E-state index in [-0.39, 0.29) is 24.0 Å². The van der Waals surface area contributed by atoms with Crippen molar-refractivity contribution in [2.24, 2.45) is 0 Å². The van der Waals surface area contributed by atoms with Crippen LogP contribution in [-0.4, -0.2) is 41.9 Å². The normalized spacial score (nSPS) is 23.7. The number of hydrogen-bond acceptors (Lipinski definition) is 3. The number of benzene rings is 1. The fraction of sp³-hybridized carbons (Fsp3) is 0.500. The lowest BCUT2D eigenvalue weighted by Crippen LogP contribution is -2.57. The molecule has 1 amide bonds. The first kappa shape index (κ1) is 17.4. The van der Waals surface area contributed by atoms with E-state index < -0.39 is 5.60 Å². The lowest BCUT2D eigenvalue weighted by molar-refractivity contribution is -0.0510. The van der Waals surface area contributed by atoms with Gasteiger partial charge in [0.1, 0.15) is 11.4 Å². The van der Waals surface area contributed by atoms with Crippen LogP contribution in [0, 0.1) is 5.82 Å². The number of halogens is 2. The molecule has 0 aromatic heterocycles. The van der Waals surface area contributed by atoms with Gasteiger partial charge in [-0.25, -0.2) is 9.18 Å². The summed E-state index contributed by atoms with van der Waals surface area (Å²) in [6, 6.07) is 4.53. The van der Waals surface area contributed by atoms with Gasteiger partial charge >= 0.3 is 6.09 Å². The number of morpholine rings is 1. The number of nitrogens with zero attached hydrogens (tertiary/aromatic N) is 1. The number of hydrogen-bond donors (Lipinski definition) is 0. The minimum atomic E-state index is -0.549. The van der Waals surface area contributed by atoms with Gasteiger partial charge < -0.3 is 9.47 Å². The van der Waals surface area contributed by atoms with Crippen LogP contribution in [0.2, 0.25) is 0 Å². The lowest BCUT2D eigenvalue weighted by Gasteiger charge is -2.44. The van der Waals surface area contributed by atoms with E-state index in [9.17, 15) is 9.18 Å². The molecule has 4 nitrogen and oxygen atoms in total. The molecule has 0 spiro atoms. The highest BCUT2D eigenvalue weighted by molar-refractivity contribution is 9.10. The maximum atomic E-state index is 14.2. The molecule has 2 atom stereocenters. The van der Waals surface area contributed by atoms with Gasteiger partial charge in [0.15, 0.2) is 0 Å². The van der Waals surface area contributed by atoms with Crippen LogP contribution < -0.4 is 0 Å². The molecular weight excluding hydrogens is 377 g/mol. The van der Waals surface area contributed by atoms with Crippen LogP contribution >= 0.6 is 15.9 Å². The molecule has 2 heterocycles. The standard InChI is InChI=1S/C18H21BrFNO3/c1-18(2,3)24-17(22)21-13-6-11(7-14(21)10-23-9-13)15-8-12(19)4-5-16(15)20/h4-6,8,13-14H,7,9-10H2,1-3H3. The summed E-state index contributed by atoms with van der Waals surface area (Å²) >= 11 is 3.39. The van der Waals surface area contributed by atoms with Crippen molar-refractivity contribution in [1.82, 2.24) is 4.90 Å². The van der Waals surface area contributed by atoms with Gasteiger partial charge in [0.25, 0.3) is 0 Å². The molecular formula is C18H21BrFNO3. The van der Waals surface area contributed by atoms with Crippen LogP contribution in [0.1, 0.15) is 32.8 Å². The molecule has 2 aliphatic rings. The highest BCUT2D eigenvalue weighted by Gasteiger charge is 2.40. The topological polar surface area (TPSA) is 38.8 Å². The number of ether oxygens (including phenoxy) is 2. The van der Waals surface area contributed by atoms with Crippen LogP contribution in [0.3, 0.4) is 0 Å². The fourth-order valence-electron chi connectivity index (χ4n) is 3.14. The number of carbonyl (C=O) groups is 1. The van der Waals surface area contributed by atoms with Crippen LogP contribution in [0.25, 0.3) is 5.57 Å². The summed E-state index contributed by atoms with van der Waals surface area (Å²) in [5.41, 5.74) is 0.934. The highest BCUT2D eigenvalue weighted by Crippen LogP contribution is 2.35. The van der Waals surface area contributed by atoms with E-state index in [0.717, 1.165) is 10.0 Å². The van der Waals surface area contributed by atoms with Gasteiger partial charge in [-0.05, 0) is 51.0 Å². The van der Waals surface area contributed by atoms with Gasteiger partial charge in [0.2, 0.25) is 0 Å². The summed E-state index contributed by atoms with van der Waals surface area (Å²) in [5.74, 6) is -0.255. The summed E-state index contributed by atoms with van der Waals surface area (Å²) in [6.07, 6.45) is 2.12. The number of amides is 1. The van der Waals surface area contributed by atoms with Crippen molar-refractivity contribution in [3.63, 3.8) is 0 Å². The van der Waals surface area contributed by atoms with E-state index in [1.165, 1.54) is 6.07 Å². The fourth-order valence-corrected chi connectivity index (χ4v) is 3.50. The second kappa shape index (κ2) is 6.48. The molecule has 1 aromatic rings. The van der Waals surface area contributed by atoms with E-state index in [1.54, 1.807) is 17.0 Å². The first-order valence-corrected chi connectivity index (χ1v) is 8.79. The average Bonchev–Trinajstić information content (AvgIpc) is 2.46. The monoisotopic (exact) mass is 397 g/mol. The summed E-state index contributed by atoms with van der Waals surface area (Å²) < 4.78 is 26.1. The van der Waals surface area contributed by atoms with Gasteiger partial charge in [-0.2, -0.15) is 0 Å². The molecule has 2 aliphatic heterocycles. The first-order valence-electron chi connectivity index (χ1n) is 8.00. The van der Waals surface area contributed by atoms with Gasteiger partial charge in [-0.1, -0.05) is 22.0 Å². The molecule has 130 valence electrons. The van der Waals surface area contributed by atoms with Crippen LogP contribution in [0.15, 0.2) is 28.7 Å².